The summed E-state index contributed by atoms with van der Waals surface area (Å²) in [4.78, 5) is 15.1. The van der Waals surface area contributed by atoms with Crippen molar-refractivity contribution >= 4 is 5.91 Å². The molecule has 4 rings (SSSR count). The van der Waals surface area contributed by atoms with E-state index in [9.17, 15) is 9.18 Å². The quantitative estimate of drug-likeness (QED) is 0.723. The van der Waals surface area contributed by atoms with Crippen molar-refractivity contribution in [3.05, 3.63) is 59.4 Å². The Kier molecular flexibility index (Phi) is 5.22. The second-order valence-electron chi connectivity index (χ2n) is 8.03. The summed E-state index contributed by atoms with van der Waals surface area (Å²) in [5.41, 5.74) is 4.44. The number of H-pyrrole nitrogens is 1. The van der Waals surface area contributed by atoms with Crippen molar-refractivity contribution in [2.24, 2.45) is 7.05 Å². The van der Waals surface area contributed by atoms with Crippen LogP contribution in [0, 0.1) is 5.82 Å². The molecule has 0 radical (unpaired) electrons. The van der Waals surface area contributed by atoms with Gasteiger partial charge in [0.2, 0.25) is 0 Å². The molecule has 0 saturated carbocycles. The number of nitrogens with zero attached hydrogens (tertiary/aromatic N) is 4. The first-order valence-electron chi connectivity index (χ1n) is 10.1. The molecule has 6 nitrogen and oxygen atoms in total. The molecule has 29 heavy (non-hydrogen) atoms. The van der Waals surface area contributed by atoms with Gasteiger partial charge >= 0.3 is 0 Å². The Bertz CT molecular complexity index is 1000. The molecule has 1 saturated heterocycles. The van der Waals surface area contributed by atoms with Crippen LogP contribution in [-0.2, 0) is 7.05 Å². The van der Waals surface area contributed by atoms with Gasteiger partial charge in [-0.05, 0) is 42.5 Å². The number of hydrogen-bond acceptors (Lipinski definition) is 3. The van der Waals surface area contributed by atoms with Crippen molar-refractivity contribution in [2.45, 2.75) is 38.5 Å². The molecular formula is C22H26FN5O. The van der Waals surface area contributed by atoms with E-state index in [0.29, 0.717) is 12.2 Å². The lowest BCUT2D eigenvalue weighted by Crippen LogP contribution is -2.40. The minimum Gasteiger partial charge on any atom is -0.337 e. The van der Waals surface area contributed by atoms with Crippen LogP contribution in [0.25, 0.3) is 11.1 Å². The van der Waals surface area contributed by atoms with Gasteiger partial charge in [0.15, 0.2) is 0 Å². The van der Waals surface area contributed by atoms with E-state index >= 15 is 0 Å². The van der Waals surface area contributed by atoms with Gasteiger partial charge in [0.25, 0.3) is 5.91 Å². The molecule has 0 bridgehead atoms. The van der Waals surface area contributed by atoms with E-state index in [4.69, 9.17) is 0 Å². The molecule has 1 fully saturated rings. The maximum Gasteiger partial charge on any atom is 0.272 e. The van der Waals surface area contributed by atoms with Gasteiger partial charge in [-0.15, -0.1) is 0 Å². The van der Waals surface area contributed by atoms with Gasteiger partial charge in [0.05, 0.1) is 11.9 Å². The average molecular weight is 395 g/mol. The zero-order valence-corrected chi connectivity index (χ0v) is 17.0. The number of benzene rings is 1. The molecule has 1 aliphatic rings. The molecule has 0 aliphatic carbocycles. The standard InChI is InChI=1S/C22H26FN5O/c1-14(2)19-11-20(27(3)26-19)22(29)28-10-4-5-16(13-28)21-18(12-24-25-21)15-6-8-17(23)9-7-15/h6-9,11-12,14,16H,4-5,10,13H2,1-3H3,(H,24,25). The number of aromatic amines is 1. The summed E-state index contributed by atoms with van der Waals surface area (Å²) in [6.45, 7) is 5.50. The Morgan fingerprint density at radius 3 is 2.72 bits per heavy atom. The SMILES string of the molecule is CC(C)c1cc(C(=O)N2CCCC(c3[nH]ncc3-c3ccc(F)cc3)C2)n(C)n1. The number of aryl methyl sites for hydroxylation is 1. The number of likely N-dealkylation sites (tertiary alicyclic amines) is 1. The number of amides is 1. The molecule has 3 aromatic rings. The van der Waals surface area contributed by atoms with E-state index < -0.39 is 0 Å². The lowest BCUT2D eigenvalue weighted by atomic mass is 9.90. The summed E-state index contributed by atoms with van der Waals surface area (Å²) in [7, 11) is 1.82. The first-order chi connectivity index (χ1) is 13.9. The van der Waals surface area contributed by atoms with Gasteiger partial charge in [-0.25, -0.2) is 4.39 Å². The number of nitrogens with one attached hydrogen (secondary N) is 1. The second-order valence-corrected chi connectivity index (χ2v) is 8.03. The summed E-state index contributed by atoms with van der Waals surface area (Å²) in [5.74, 6) is 0.192. The van der Waals surface area contributed by atoms with E-state index in [2.05, 4.69) is 29.1 Å². The molecule has 2 aromatic heterocycles. The normalized spacial score (nSPS) is 17.1. The van der Waals surface area contributed by atoms with Gasteiger partial charge in [0.1, 0.15) is 11.5 Å². The third-order valence-electron chi connectivity index (χ3n) is 5.65. The van der Waals surface area contributed by atoms with Crippen molar-refractivity contribution in [1.82, 2.24) is 24.9 Å². The van der Waals surface area contributed by atoms with Crippen LogP contribution in [0.5, 0.6) is 0 Å². The van der Waals surface area contributed by atoms with Gasteiger partial charge < -0.3 is 4.90 Å². The highest BCUT2D eigenvalue weighted by Gasteiger charge is 2.29. The molecule has 1 N–H and O–H groups in total. The highest BCUT2D eigenvalue weighted by atomic mass is 19.1. The van der Waals surface area contributed by atoms with Crippen molar-refractivity contribution in [1.29, 1.82) is 0 Å². The van der Waals surface area contributed by atoms with E-state index in [0.717, 1.165) is 41.9 Å². The number of aromatic nitrogens is 4. The summed E-state index contributed by atoms with van der Waals surface area (Å²) in [6, 6.07) is 8.34. The zero-order valence-electron chi connectivity index (χ0n) is 17.0. The fraction of sp³-hybridized carbons (Fsp3) is 0.409. The van der Waals surface area contributed by atoms with Crippen molar-refractivity contribution in [3.63, 3.8) is 0 Å². The molecule has 1 aliphatic heterocycles. The fourth-order valence-corrected chi connectivity index (χ4v) is 4.00. The van der Waals surface area contributed by atoms with Gasteiger partial charge in [-0.2, -0.15) is 10.2 Å². The highest BCUT2D eigenvalue weighted by Crippen LogP contribution is 2.33. The molecular weight excluding hydrogens is 369 g/mol. The second kappa shape index (κ2) is 7.81. The number of carbonyl (C=O) groups is 1. The van der Waals surface area contributed by atoms with E-state index in [1.807, 2.05) is 18.0 Å². The Hall–Kier alpha value is -2.96. The van der Waals surface area contributed by atoms with Crippen LogP contribution in [-0.4, -0.2) is 43.9 Å². The molecule has 1 aromatic carbocycles. The van der Waals surface area contributed by atoms with E-state index in [1.54, 1.807) is 23.0 Å². The number of carbonyl (C=O) groups excluding carboxylic acids is 1. The van der Waals surface area contributed by atoms with Crippen LogP contribution in [0.1, 0.15) is 60.4 Å². The van der Waals surface area contributed by atoms with Crippen LogP contribution in [0.15, 0.2) is 36.5 Å². The Balaban J connectivity index is 1.56. The summed E-state index contributed by atoms with van der Waals surface area (Å²) in [5, 5.41) is 11.8. The smallest absolute Gasteiger partial charge is 0.272 e. The number of piperidine rings is 1. The molecule has 3 heterocycles. The molecule has 1 amide bonds. The third kappa shape index (κ3) is 3.81. The Morgan fingerprint density at radius 1 is 1.28 bits per heavy atom. The fourth-order valence-electron chi connectivity index (χ4n) is 4.00. The lowest BCUT2D eigenvalue weighted by Gasteiger charge is -2.32. The molecule has 7 heteroatoms. The predicted molar refractivity (Wildman–Crippen MR) is 109 cm³/mol. The maximum atomic E-state index is 13.3. The van der Waals surface area contributed by atoms with Crippen LogP contribution in [0.4, 0.5) is 4.39 Å². The van der Waals surface area contributed by atoms with Gasteiger partial charge in [-0.1, -0.05) is 26.0 Å². The number of hydrogen-bond donors (Lipinski definition) is 1. The predicted octanol–water partition coefficient (Wildman–Crippen LogP) is 4.09. The first-order valence-corrected chi connectivity index (χ1v) is 10.1. The highest BCUT2D eigenvalue weighted by molar-refractivity contribution is 5.93. The summed E-state index contributed by atoms with van der Waals surface area (Å²) >= 11 is 0. The van der Waals surface area contributed by atoms with Crippen LogP contribution in [0.2, 0.25) is 0 Å². The zero-order chi connectivity index (χ0) is 20.5. The molecule has 152 valence electrons. The summed E-state index contributed by atoms with van der Waals surface area (Å²) in [6.07, 6.45) is 3.68. The minimum absolute atomic E-state index is 0.0134. The number of halogens is 1. The van der Waals surface area contributed by atoms with Crippen LogP contribution < -0.4 is 0 Å². The average Bonchev–Trinajstić information content (AvgIpc) is 3.35. The topological polar surface area (TPSA) is 66.8 Å². The largest absolute Gasteiger partial charge is 0.337 e. The Morgan fingerprint density at radius 2 is 2.03 bits per heavy atom. The Labute approximate surface area is 169 Å². The summed E-state index contributed by atoms with van der Waals surface area (Å²) < 4.78 is 15.0. The van der Waals surface area contributed by atoms with Gasteiger partial charge in [0, 0.05) is 37.3 Å². The molecule has 1 atom stereocenters. The van der Waals surface area contributed by atoms with Crippen molar-refractivity contribution in [3.8, 4) is 11.1 Å². The van der Waals surface area contributed by atoms with Gasteiger partial charge in [-0.3, -0.25) is 14.6 Å². The van der Waals surface area contributed by atoms with Crippen LogP contribution >= 0.6 is 0 Å². The molecule has 0 spiro atoms. The van der Waals surface area contributed by atoms with E-state index in [1.165, 1.54) is 12.1 Å². The molecule has 1 unspecified atom stereocenters. The maximum absolute atomic E-state index is 13.3. The monoisotopic (exact) mass is 395 g/mol. The number of rotatable bonds is 4. The third-order valence-corrected chi connectivity index (χ3v) is 5.65. The minimum atomic E-state index is -0.259. The van der Waals surface area contributed by atoms with Crippen molar-refractivity contribution < 1.29 is 9.18 Å². The lowest BCUT2D eigenvalue weighted by molar-refractivity contribution is 0.0695. The van der Waals surface area contributed by atoms with Crippen molar-refractivity contribution in [2.75, 3.05) is 13.1 Å². The van der Waals surface area contributed by atoms with E-state index in [-0.39, 0.29) is 23.6 Å². The van der Waals surface area contributed by atoms with Crippen LogP contribution in [0.3, 0.4) is 0 Å². The first kappa shape index (κ1) is 19.4.